The molecule has 1 rings (SSSR count). The minimum atomic E-state index is -4.70. The average Bonchev–Trinajstić information content (AvgIpc) is 2.39. The second kappa shape index (κ2) is 9.11. The van der Waals surface area contributed by atoms with Gasteiger partial charge in [-0.15, -0.1) is 13.2 Å². The quantitative estimate of drug-likeness (QED) is 0.670. The van der Waals surface area contributed by atoms with Gasteiger partial charge in [0.15, 0.2) is 0 Å². The lowest BCUT2D eigenvalue weighted by Gasteiger charge is -2.12. The summed E-state index contributed by atoms with van der Waals surface area (Å²) in [5, 5.41) is 3.09. The summed E-state index contributed by atoms with van der Waals surface area (Å²) in [6.45, 7) is 2.35. The van der Waals surface area contributed by atoms with E-state index in [1.807, 2.05) is 0 Å². The molecule has 0 saturated carbocycles. The average molecular weight is 372 g/mol. The number of rotatable bonds is 9. The van der Waals surface area contributed by atoms with E-state index in [2.05, 4.69) is 26.0 Å². The second-order valence-electron chi connectivity index (χ2n) is 4.08. The summed E-state index contributed by atoms with van der Waals surface area (Å²) >= 11 is 3.05. The van der Waals surface area contributed by atoms with E-state index in [-0.39, 0.29) is 10.2 Å². The van der Waals surface area contributed by atoms with Gasteiger partial charge in [-0.2, -0.15) is 0 Å². The summed E-state index contributed by atoms with van der Waals surface area (Å²) in [6, 6.07) is 4.32. The molecule has 0 fully saturated rings. The van der Waals surface area contributed by atoms with Crippen molar-refractivity contribution in [2.75, 3.05) is 38.8 Å². The Hall–Kier alpha value is -0.990. The van der Waals surface area contributed by atoms with Gasteiger partial charge in [-0.25, -0.2) is 0 Å². The topological polar surface area (TPSA) is 39.7 Å². The summed E-state index contributed by atoms with van der Waals surface area (Å²) in [4.78, 5) is 0. The highest BCUT2D eigenvalue weighted by Gasteiger charge is 2.31. The van der Waals surface area contributed by atoms with Crippen molar-refractivity contribution in [1.82, 2.24) is 0 Å². The van der Waals surface area contributed by atoms with Crippen molar-refractivity contribution in [2.45, 2.75) is 12.8 Å². The van der Waals surface area contributed by atoms with Crippen LogP contribution in [0.3, 0.4) is 0 Å². The molecule has 1 aromatic rings. The number of nitrogens with one attached hydrogen (secondary N) is 1. The first-order chi connectivity index (χ1) is 9.92. The molecule has 0 aliphatic carbocycles. The van der Waals surface area contributed by atoms with Crippen molar-refractivity contribution in [3.8, 4) is 5.75 Å². The Labute approximate surface area is 129 Å². The molecule has 0 aliphatic heterocycles. The van der Waals surface area contributed by atoms with Crippen LogP contribution in [0.25, 0.3) is 0 Å². The number of methoxy groups -OCH3 is 1. The van der Waals surface area contributed by atoms with Gasteiger partial charge in [0.2, 0.25) is 0 Å². The summed E-state index contributed by atoms with van der Waals surface area (Å²) in [7, 11) is 1.61. The number of anilines is 1. The van der Waals surface area contributed by atoms with Crippen molar-refractivity contribution in [3.63, 3.8) is 0 Å². The maximum atomic E-state index is 12.1. The molecule has 0 aliphatic rings. The number of hydrogen-bond donors (Lipinski definition) is 1. The van der Waals surface area contributed by atoms with Crippen LogP contribution in [0, 0.1) is 0 Å². The molecular formula is C13H17BrF3NO3. The van der Waals surface area contributed by atoms with Gasteiger partial charge in [0.25, 0.3) is 0 Å². The fourth-order valence-electron chi connectivity index (χ4n) is 1.47. The van der Waals surface area contributed by atoms with Gasteiger partial charge >= 0.3 is 6.36 Å². The maximum Gasteiger partial charge on any atom is 0.573 e. The fraction of sp³-hybridized carbons (Fsp3) is 0.538. The first kappa shape index (κ1) is 18.1. The Morgan fingerprint density at radius 1 is 1.19 bits per heavy atom. The zero-order chi connectivity index (χ0) is 15.7. The molecule has 0 amide bonds. The molecule has 0 aromatic heterocycles. The van der Waals surface area contributed by atoms with Gasteiger partial charge in [-0.3, -0.25) is 0 Å². The van der Waals surface area contributed by atoms with Crippen LogP contribution in [0.4, 0.5) is 18.9 Å². The fourth-order valence-corrected chi connectivity index (χ4v) is 1.93. The summed E-state index contributed by atoms with van der Waals surface area (Å²) < 4.78 is 50.6. The van der Waals surface area contributed by atoms with E-state index in [4.69, 9.17) is 9.47 Å². The number of halogens is 4. The monoisotopic (exact) mass is 371 g/mol. The zero-order valence-electron chi connectivity index (χ0n) is 11.5. The van der Waals surface area contributed by atoms with E-state index in [0.29, 0.717) is 32.1 Å². The molecular weight excluding hydrogens is 355 g/mol. The van der Waals surface area contributed by atoms with Gasteiger partial charge in [-0.1, -0.05) is 0 Å². The van der Waals surface area contributed by atoms with Crippen molar-refractivity contribution >= 4 is 21.6 Å². The molecule has 0 bridgehead atoms. The number of hydrogen-bond acceptors (Lipinski definition) is 4. The van der Waals surface area contributed by atoms with Gasteiger partial charge < -0.3 is 19.5 Å². The zero-order valence-corrected chi connectivity index (χ0v) is 13.1. The van der Waals surface area contributed by atoms with Crippen molar-refractivity contribution < 1.29 is 27.4 Å². The maximum absolute atomic E-state index is 12.1. The lowest BCUT2D eigenvalue weighted by atomic mass is 10.3. The predicted molar refractivity (Wildman–Crippen MR) is 76.6 cm³/mol. The van der Waals surface area contributed by atoms with Gasteiger partial charge in [-0.05, 0) is 40.5 Å². The third kappa shape index (κ3) is 8.13. The Morgan fingerprint density at radius 2 is 1.95 bits per heavy atom. The molecule has 1 N–H and O–H groups in total. The normalized spacial score (nSPS) is 11.5. The minimum Gasteiger partial charge on any atom is -0.405 e. The Balaban J connectivity index is 2.32. The van der Waals surface area contributed by atoms with E-state index in [1.165, 1.54) is 18.2 Å². The van der Waals surface area contributed by atoms with Crippen LogP contribution in [0.2, 0.25) is 0 Å². The van der Waals surface area contributed by atoms with Gasteiger partial charge in [0.05, 0.1) is 17.7 Å². The van der Waals surface area contributed by atoms with Crippen LogP contribution < -0.4 is 10.1 Å². The standard InChI is InChI=1S/C13H17BrF3NO3/c1-19-7-8-20-6-2-5-18-10-3-4-12(11(14)9-10)21-13(15,16)17/h3-4,9,18H,2,5-8H2,1H3. The molecule has 0 heterocycles. The molecule has 8 heteroatoms. The molecule has 21 heavy (non-hydrogen) atoms. The molecule has 0 radical (unpaired) electrons. The highest BCUT2D eigenvalue weighted by Crippen LogP contribution is 2.32. The van der Waals surface area contributed by atoms with Crippen LogP contribution >= 0.6 is 15.9 Å². The van der Waals surface area contributed by atoms with Crippen LogP contribution in [-0.2, 0) is 9.47 Å². The molecule has 0 unspecified atom stereocenters. The van der Waals surface area contributed by atoms with E-state index >= 15 is 0 Å². The minimum absolute atomic E-state index is 0.237. The lowest BCUT2D eigenvalue weighted by molar-refractivity contribution is -0.274. The Kier molecular flexibility index (Phi) is 7.84. The van der Waals surface area contributed by atoms with Crippen molar-refractivity contribution in [2.24, 2.45) is 0 Å². The molecule has 0 atom stereocenters. The molecule has 0 spiro atoms. The molecule has 4 nitrogen and oxygen atoms in total. The van der Waals surface area contributed by atoms with E-state index < -0.39 is 6.36 Å². The summed E-state index contributed by atoms with van der Waals surface area (Å²) in [5.41, 5.74) is 0.702. The third-order valence-electron chi connectivity index (χ3n) is 2.38. The van der Waals surface area contributed by atoms with Crippen LogP contribution in [0.5, 0.6) is 5.75 Å². The molecule has 0 saturated heterocycles. The van der Waals surface area contributed by atoms with Crippen molar-refractivity contribution in [3.05, 3.63) is 22.7 Å². The number of alkyl halides is 3. The van der Waals surface area contributed by atoms with Gasteiger partial charge in [0.1, 0.15) is 5.75 Å². The molecule has 1 aromatic carbocycles. The molecule has 120 valence electrons. The van der Waals surface area contributed by atoms with E-state index in [9.17, 15) is 13.2 Å². The second-order valence-corrected chi connectivity index (χ2v) is 4.93. The smallest absolute Gasteiger partial charge is 0.405 e. The largest absolute Gasteiger partial charge is 0.573 e. The van der Waals surface area contributed by atoms with Gasteiger partial charge in [0, 0.05) is 25.9 Å². The van der Waals surface area contributed by atoms with Crippen LogP contribution in [0.1, 0.15) is 6.42 Å². The summed E-state index contributed by atoms with van der Waals surface area (Å²) in [5.74, 6) is -0.268. The van der Waals surface area contributed by atoms with E-state index in [1.54, 1.807) is 7.11 Å². The van der Waals surface area contributed by atoms with E-state index in [0.717, 1.165) is 6.42 Å². The highest BCUT2D eigenvalue weighted by atomic mass is 79.9. The highest BCUT2D eigenvalue weighted by molar-refractivity contribution is 9.10. The Morgan fingerprint density at radius 3 is 2.57 bits per heavy atom. The third-order valence-corrected chi connectivity index (χ3v) is 3.00. The lowest BCUT2D eigenvalue weighted by Crippen LogP contribution is -2.17. The predicted octanol–water partition coefficient (Wildman–Crippen LogP) is 3.81. The first-order valence-electron chi connectivity index (χ1n) is 6.28. The van der Waals surface area contributed by atoms with Crippen LogP contribution in [-0.4, -0.2) is 39.8 Å². The Bertz CT molecular complexity index is 430. The number of ether oxygens (including phenoxy) is 3. The SMILES string of the molecule is COCCOCCCNc1ccc(OC(F)(F)F)c(Br)c1. The van der Waals surface area contributed by atoms with Crippen molar-refractivity contribution in [1.29, 1.82) is 0 Å². The first-order valence-corrected chi connectivity index (χ1v) is 7.07. The number of benzene rings is 1. The summed E-state index contributed by atoms with van der Waals surface area (Å²) in [6.07, 6.45) is -3.92. The van der Waals surface area contributed by atoms with Crippen LogP contribution in [0.15, 0.2) is 22.7 Å².